The highest BCUT2D eigenvalue weighted by atomic mass is 35.5. The van der Waals surface area contributed by atoms with E-state index < -0.39 is 23.3 Å². The van der Waals surface area contributed by atoms with Crippen molar-refractivity contribution in [2.45, 2.75) is 11.8 Å². The first-order valence-corrected chi connectivity index (χ1v) is 7.27. The fraction of sp³-hybridized carbons (Fsp3) is 0.333. The zero-order valence-electron chi connectivity index (χ0n) is 11.1. The summed E-state index contributed by atoms with van der Waals surface area (Å²) in [6, 6.07) is 4.17. The van der Waals surface area contributed by atoms with E-state index in [1.807, 2.05) is 0 Å². The molecule has 1 amide bonds. The summed E-state index contributed by atoms with van der Waals surface area (Å²) in [4.78, 5) is 34.3. The molecule has 114 valence electrons. The van der Waals surface area contributed by atoms with Crippen LogP contribution in [0.25, 0.3) is 0 Å². The fourth-order valence-corrected chi connectivity index (χ4v) is 2.60. The third kappa shape index (κ3) is 5.24. The Balaban J connectivity index is 2.77. The number of rotatable bonds is 7. The Kier molecular flexibility index (Phi) is 6.44. The summed E-state index contributed by atoms with van der Waals surface area (Å²) in [5.41, 5.74) is -0.179. The number of aliphatic carboxylic acids is 1. The van der Waals surface area contributed by atoms with Gasteiger partial charge in [-0.1, -0.05) is 11.6 Å². The Bertz CT molecular complexity index is 567. The van der Waals surface area contributed by atoms with Crippen LogP contribution >= 0.6 is 23.4 Å². The molecule has 7 nitrogen and oxygen atoms in total. The average Bonchev–Trinajstić information content (AvgIpc) is 2.42. The summed E-state index contributed by atoms with van der Waals surface area (Å²) < 4.78 is 0. The van der Waals surface area contributed by atoms with Crippen molar-refractivity contribution in [2.24, 2.45) is 0 Å². The number of halogens is 1. The number of hydrogen-bond acceptors (Lipinski definition) is 5. The lowest BCUT2D eigenvalue weighted by molar-refractivity contribution is -0.387. The summed E-state index contributed by atoms with van der Waals surface area (Å²) >= 11 is 6.68. The van der Waals surface area contributed by atoms with Gasteiger partial charge in [0, 0.05) is 17.6 Å². The number of carbonyl (C=O) groups excluding carboxylic acids is 1. The van der Waals surface area contributed by atoms with Crippen LogP contribution in [0.4, 0.5) is 5.69 Å². The van der Waals surface area contributed by atoms with Crippen LogP contribution in [0.2, 0.25) is 5.02 Å². The number of likely N-dealkylation sites (N-methyl/N-ethyl adjacent to an activating group) is 1. The Morgan fingerprint density at radius 2 is 2.14 bits per heavy atom. The predicted molar refractivity (Wildman–Crippen MR) is 78.7 cm³/mol. The van der Waals surface area contributed by atoms with Crippen molar-refractivity contribution in [3.8, 4) is 0 Å². The minimum absolute atomic E-state index is 0.0798. The maximum Gasteiger partial charge on any atom is 0.323 e. The zero-order chi connectivity index (χ0) is 16.0. The number of carboxylic acids is 1. The second-order valence-corrected chi connectivity index (χ2v) is 5.41. The Morgan fingerprint density at radius 3 is 2.67 bits per heavy atom. The normalized spacial score (nSPS) is 10.2. The Labute approximate surface area is 130 Å². The first-order valence-electron chi connectivity index (χ1n) is 5.91. The van der Waals surface area contributed by atoms with E-state index in [0.717, 1.165) is 16.7 Å². The van der Waals surface area contributed by atoms with Crippen molar-refractivity contribution in [1.82, 2.24) is 4.90 Å². The second-order valence-electron chi connectivity index (χ2n) is 3.96. The van der Waals surface area contributed by atoms with Crippen molar-refractivity contribution < 1.29 is 19.6 Å². The van der Waals surface area contributed by atoms with Gasteiger partial charge in [0.25, 0.3) is 5.69 Å². The van der Waals surface area contributed by atoms with E-state index in [-0.39, 0.29) is 23.0 Å². The van der Waals surface area contributed by atoms with Crippen LogP contribution < -0.4 is 0 Å². The average molecular weight is 333 g/mol. The number of thioether (sulfide) groups is 1. The SMILES string of the molecule is CCN(CC(=O)O)C(=O)CSc1ccc(Cl)cc1[N+](=O)[O-]. The number of nitro benzene ring substituents is 1. The minimum atomic E-state index is -1.10. The van der Waals surface area contributed by atoms with Crippen LogP contribution in [0.3, 0.4) is 0 Å². The number of benzene rings is 1. The second kappa shape index (κ2) is 7.84. The molecule has 1 N–H and O–H groups in total. The number of hydrogen-bond donors (Lipinski definition) is 1. The standard InChI is InChI=1S/C12H13ClN2O5S/c1-2-14(6-12(17)18)11(16)7-21-10-4-3-8(13)5-9(10)15(19)20/h3-5H,2,6-7H2,1H3,(H,17,18). The number of amides is 1. The molecule has 0 aliphatic rings. The smallest absolute Gasteiger partial charge is 0.323 e. The van der Waals surface area contributed by atoms with Crippen LogP contribution in [-0.4, -0.2) is 45.6 Å². The molecule has 0 spiro atoms. The van der Waals surface area contributed by atoms with Crippen LogP contribution in [-0.2, 0) is 9.59 Å². The highest BCUT2D eigenvalue weighted by molar-refractivity contribution is 8.00. The molecule has 9 heteroatoms. The number of nitro groups is 1. The summed E-state index contributed by atoms with van der Waals surface area (Å²) in [6.07, 6.45) is 0. The van der Waals surface area contributed by atoms with Gasteiger partial charge in [-0.3, -0.25) is 19.7 Å². The lowest BCUT2D eigenvalue weighted by Gasteiger charge is -2.18. The lowest BCUT2D eigenvalue weighted by Crippen LogP contribution is -2.36. The third-order valence-electron chi connectivity index (χ3n) is 2.53. The van der Waals surface area contributed by atoms with Gasteiger partial charge in [0.1, 0.15) is 6.54 Å². The lowest BCUT2D eigenvalue weighted by atomic mass is 10.3. The van der Waals surface area contributed by atoms with Crippen LogP contribution in [0, 0.1) is 10.1 Å². The highest BCUT2D eigenvalue weighted by Gasteiger charge is 2.19. The Hall–Kier alpha value is -1.80. The van der Waals surface area contributed by atoms with Gasteiger partial charge >= 0.3 is 5.97 Å². The molecule has 0 saturated carbocycles. The van der Waals surface area contributed by atoms with Gasteiger partial charge in [0.2, 0.25) is 5.91 Å². The number of nitrogens with zero attached hydrogens (tertiary/aromatic N) is 2. The summed E-state index contributed by atoms with van der Waals surface area (Å²) in [5, 5.41) is 19.8. The van der Waals surface area contributed by atoms with Crippen LogP contribution in [0.5, 0.6) is 0 Å². The van der Waals surface area contributed by atoms with Crippen LogP contribution in [0.15, 0.2) is 23.1 Å². The highest BCUT2D eigenvalue weighted by Crippen LogP contribution is 2.31. The molecule has 21 heavy (non-hydrogen) atoms. The molecule has 0 aromatic heterocycles. The van der Waals surface area contributed by atoms with Crippen LogP contribution in [0.1, 0.15) is 6.92 Å². The van der Waals surface area contributed by atoms with Gasteiger partial charge in [-0.05, 0) is 19.1 Å². The summed E-state index contributed by atoms with van der Waals surface area (Å²) in [6.45, 7) is 1.53. The van der Waals surface area contributed by atoms with Gasteiger partial charge in [-0.15, -0.1) is 11.8 Å². The molecule has 0 radical (unpaired) electrons. The molecule has 1 rings (SSSR count). The molecule has 0 fully saturated rings. The minimum Gasteiger partial charge on any atom is -0.480 e. The van der Waals surface area contributed by atoms with Crippen molar-refractivity contribution >= 4 is 40.9 Å². The molecule has 0 aliphatic heterocycles. The van der Waals surface area contributed by atoms with Gasteiger partial charge in [-0.2, -0.15) is 0 Å². The van der Waals surface area contributed by atoms with E-state index in [1.165, 1.54) is 18.2 Å². The molecule has 0 unspecified atom stereocenters. The van der Waals surface area contributed by atoms with Gasteiger partial charge in [0.05, 0.1) is 15.6 Å². The van der Waals surface area contributed by atoms with Crippen molar-refractivity contribution in [1.29, 1.82) is 0 Å². The largest absolute Gasteiger partial charge is 0.480 e. The van der Waals surface area contributed by atoms with Gasteiger partial charge in [0.15, 0.2) is 0 Å². The quantitative estimate of drug-likeness (QED) is 0.467. The fourth-order valence-electron chi connectivity index (χ4n) is 1.53. The molecule has 0 atom stereocenters. The first kappa shape index (κ1) is 17.3. The van der Waals surface area contributed by atoms with Gasteiger partial charge < -0.3 is 10.0 Å². The predicted octanol–water partition coefficient (Wildman–Crippen LogP) is 2.27. The van der Waals surface area contributed by atoms with E-state index in [9.17, 15) is 19.7 Å². The molecule has 0 aliphatic carbocycles. The Morgan fingerprint density at radius 1 is 1.48 bits per heavy atom. The zero-order valence-corrected chi connectivity index (χ0v) is 12.7. The molecule has 1 aromatic carbocycles. The first-order chi connectivity index (χ1) is 9.85. The molecule has 0 bridgehead atoms. The maximum atomic E-state index is 11.9. The van der Waals surface area contributed by atoms with E-state index in [0.29, 0.717) is 4.90 Å². The van der Waals surface area contributed by atoms with Crippen molar-refractivity contribution in [3.05, 3.63) is 33.3 Å². The van der Waals surface area contributed by atoms with E-state index in [4.69, 9.17) is 16.7 Å². The molecular weight excluding hydrogens is 320 g/mol. The molecular formula is C12H13ClN2O5S. The molecule has 0 heterocycles. The molecule has 1 aromatic rings. The topological polar surface area (TPSA) is 101 Å². The van der Waals surface area contributed by atoms with E-state index in [2.05, 4.69) is 0 Å². The third-order valence-corrected chi connectivity index (χ3v) is 3.81. The van der Waals surface area contributed by atoms with E-state index >= 15 is 0 Å². The van der Waals surface area contributed by atoms with Crippen molar-refractivity contribution in [2.75, 3.05) is 18.8 Å². The monoisotopic (exact) mass is 332 g/mol. The maximum absolute atomic E-state index is 11.9. The number of carbonyl (C=O) groups is 2. The summed E-state index contributed by atoms with van der Waals surface area (Å²) in [5.74, 6) is -1.58. The summed E-state index contributed by atoms with van der Waals surface area (Å²) in [7, 11) is 0. The van der Waals surface area contributed by atoms with E-state index in [1.54, 1.807) is 6.92 Å². The molecule has 0 saturated heterocycles. The number of carboxylic acid groups (broad SMARTS) is 1. The van der Waals surface area contributed by atoms with Crippen molar-refractivity contribution in [3.63, 3.8) is 0 Å². The van der Waals surface area contributed by atoms with Gasteiger partial charge in [-0.25, -0.2) is 0 Å².